The molecule has 0 spiro atoms. The Labute approximate surface area is 511 Å². The number of hydrogen-bond acceptors (Lipinski definition) is 8. The topological polar surface area (TPSA) is 190 Å². The van der Waals surface area contributed by atoms with E-state index >= 15 is 0 Å². The van der Waals surface area contributed by atoms with Gasteiger partial charge in [-0.2, -0.15) is 21.0 Å². The highest BCUT2D eigenvalue weighted by Gasteiger charge is 2.18. The van der Waals surface area contributed by atoms with Crippen LogP contribution in [0.4, 0.5) is 18.9 Å². The fourth-order valence-electron chi connectivity index (χ4n) is 8.27. The van der Waals surface area contributed by atoms with E-state index in [1.165, 1.54) is 77.4 Å². The monoisotopic (exact) mass is 1160 g/mol. The van der Waals surface area contributed by atoms with Crippen molar-refractivity contribution in [1.29, 1.82) is 31.6 Å². The van der Waals surface area contributed by atoms with Crippen LogP contribution in [0, 0.1) is 230 Å². The van der Waals surface area contributed by atoms with Crippen LogP contribution in [0.15, 0.2) is 71.8 Å². The number of nitriles is 6. The Morgan fingerprint density at radius 2 is 0.655 bits per heavy atom. The Bertz CT molecular complexity index is 3910. The van der Waals surface area contributed by atoms with Gasteiger partial charge >= 0.3 is 0 Å². The van der Waals surface area contributed by atoms with Crippen LogP contribution in [0.3, 0.4) is 0 Å². The second kappa shape index (κ2) is 34.0. The number of benzene rings is 6. The van der Waals surface area contributed by atoms with Gasteiger partial charge in [-0.15, -0.1) is 0 Å². The van der Waals surface area contributed by atoms with Crippen LogP contribution in [-0.4, -0.2) is 11.6 Å². The van der Waals surface area contributed by atoms with E-state index in [0.29, 0.717) is 66.2 Å². The predicted molar refractivity (Wildman–Crippen MR) is 337 cm³/mol. The van der Waals surface area contributed by atoms with Crippen LogP contribution in [0.2, 0.25) is 0 Å². The molecule has 14 heteroatoms. The molecule has 0 bridgehead atoms. The molecule has 1 aliphatic carbocycles. The molecule has 0 heterocycles. The molecule has 0 saturated heterocycles. The van der Waals surface area contributed by atoms with Gasteiger partial charge in [0.1, 0.15) is 5.82 Å². The summed E-state index contributed by atoms with van der Waals surface area (Å²) in [4.78, 5) is 31.4. The summed E-state index contributed by atoms with van der Waals surface area (Å²) in [6, 6.07) is 27.7. The summed E-state index contributed by atoms with van der Waals surface area (Å²) in [5.41, 5.74) is 19.9. The first-order valence-electron chi connectivity index (χ1n) is 26.9. The lowest BCUT2D eigenvalue weighted by molar-refractivity contribution is -0.115. The van der Waals surface area contributed by atoms with Crippen molar-refractivity contribution < 1.29 is 22.8 Å². The van der Waals surface area contributed by atoms with E-state index in [1.54, 1.807) is 72.7 Å². The maximum Gasteiger partial charge on any atom is 0.269 e. The third-order valence-corrected chi connectivity index (χ3v) is 14.7. The van der Waals surface area contributed by atoms with Crippen LogP contribution in [-0.2, 0) is 9.59 Å². The number of carbonyl (C=O) groups excluding carboxylic acids is 2. The van der Waals surface area contributed by atoms with E-state index in [2.05, 4.69) is 112 Å². The minimum absolute atomic E-state index is 0.0171. The van der Waals surface area contributed by atoms with Gasteiger partial charge in [0.25, 0.3) is 11.4 Å². The molecule has 87 heavy (non-hydrogen) atoms. The average Bonchev–Trinajstić information content (AvgIpc) is 1.31. The van der Waals surface area contributed by atoms with Crippen LogP contribution in [0.25, 0.3) is 25.9 Å². The first kappa shape index (κ1) is 74.1. The van der Waals surface area contributed by atoms with Gasteiger partial charge in [-0.3, -0.25) is 9.59 Å². The Balaban J connectivity index is 0.000000513. The molecule has 0 radical (unpaired) electrons. The van der Waals surface area contributed by atoms with Gasteiger partial charge in [0, 0.05) is 22.3 Å². The molecule has 0 aliphatic heterocycles. The zero-order valence-corrected chi connectivity index (χ0v) is 53.2. The number of nitrogens with zero attached hydrogens (tertiary/aromatic N) is 9. The summed E-state index contributed by atoms with van der Waals surface area (Å²) in [7, 11) is 0. The summed E-state index contributed by atoms with van der Waals surface area (Å²) in [5, 5.41) is 54.1. The first-order valence-corrected chi connectivity index (χ1v) is 26.9. The molecule has 0 amide bonds. The van der Waals surface area contributed by atoms with Gasteiger partial charge in [0.2, 0.25) is 5.69 Å². The zero-order chi connectivity index (χ0) is 67.1. The average molecular weight is 1160 g/mol. The number of aryl methyl sites for hydroxylation is 12. The molecular formula is C73H70F3N9O2. The van der Waals surface area contributed by atoms with Crippen molar-refractivity contribution in [3.63, 3.8) is 0 Å². The highest BCUT2D eigenvalue weighted by Crippen LogP contribution is 2.32. The van der Waals surface area contributed by atoms with Crippen molar-refractivity contribution in [2.45, 2.75) is 138 Å². The van der Waals surface area contributed by atoms with E-state index in [9.17, 15) is 22.8 Å². The summed E-state index contributed by atoms with van der Waals surface area (Å²) >= 11 is 0. The summed E-state index contributed by atoms with van der Waals surface area (Å²) < 4.78 is 38.7. The number of hydrogen-bond donors (Lipinski definition) is 0. The molecule has 6 aromatic carbocycles. The smallest absolute Gasteiger partial charge is 0.269 e. The summed E-state index contributed by atoms with van der Waals surface area (Å²) in [6.45, 7) is 57.9. The minimum Gasteiger partial charge on any atom is -0.290 e. The fourth-order valence-corrected chi connectivity index (χ4v) is 8.27. The molecule has 0 saturated carbocycles. The van der Waals surface area contributed by atoms with Crippen LogP contribution >= 0.6 is 0 Å². The minimum atomic E-state index is -1.09. The zero-order valence-electron chi connectivity index (χ0n) is 53.2. The first-order chi connectivity index (χ1) is 40.6. The lowest BCUT2D eigenvalue weighted by Crippen LogP contribution is -2.19. The molecule has 0 atom stereocenters. The largest absolute Gasteiger partial charge is 0.290 e. The van der Waals surface area contributed by atoms with Gasteiger partial charge in [0.05, 0.1) is 72.8 Å². The fraction of sp³-hybridized carbons (Fsp3) is 0.274. The molecule has 11 nitrogen and oxygen atoms in total. The van der Waals surface area contributed by atoms with Crippen LogP contribution < -0.4 is 10.4 Å². The molecular weight excluding hydrogens is 1090 g/mol. The van der Waals surface area contributed by atoms with E-state index in [1.807, 2.05) is 32.1 Å². The number of allylic oxidation sites excluding steroid dienone is 4. The van der Waals surface area contributed by atoms with E-state index in [-0.39, 0.29) is 39.7 Å². The lowest BCUT2D eigenvalue weighted by atomic mass is 9.93. The molecule has 6 aromatic rings. The second-order valence-electron chi connectivity index (χ2n) is 20.9. The van der Waals surface area contributed by atoms with Crippen LogP contribution in [0.1, 0.15) is 136 Å². The van der Waals surface area contributed by atoms with Crippen molar-refractivity contribution in [1.82, 2.24) is 0 Å². The molecule has 1 aliphatic rings. The molecule has 440 valence electrons. The highest BCUT2D eigenvalue weighted by atomic mass is 19.2. The van der Waals surface area contributed by atoms with Gasteiger partial charge in [-0.05, 0) is 257 Å². The predicted octanol–water partition coefficient (Wildman–Crippen LogP) is 16.3. The quantitative estimate of drug-likeness (QED) is 0.0815. The Hall–Kier alpha value is -10.9. The number of rotatable bonds is 0. The van der Waals surface area contributed by atoms with Gasteiger partial charge in [-0.1, -0.05) is 47.5 Å². The van der Waals surface area contributed by atoms with Crippen molar-refractivity contribution in [2.24, 2.45) is 0 Å². The third kappa shape index (κ3) is 19.6. The van der Waals surface area contributed by atoms with E-state index in [4.69, 9.17) is 51.3 Å². The van der Waals surface area contributed by atoms with Crippen molar-refractivity contribution in [3.05, 3.63) is 256 Å². The highest BCUT2D eigenvalue weighted by molar-refractivity contribution is 6.19. The van der Waals surface area contributed by atoms with Crippen molar-refractivity contribution in [3.8, 4) is 36.4 Å². The van der Waals surface area contributed by atoms with Crippen molar-refractivity contribution >= 4 is 28.6 Å². The lowest BCUT2D eigenvalue weighted by Gasteiger charge is -2.10. The van der Waals surface area contributed by atoms with E-state index < -0.39 is 17.5 Å². The van der Waals surface area contributed by atoms with Crippen LogP contribution in [0.5, 0.6) is 0 Å². The molecule has 7 rings (SSSR count). The molecule has 0 N–H and O–H groups in total. The standard InChI is InChI=1S/C14H8N4.C12H9N3.C10H8N2.2C10H14.C9H9F3.C8H8O2/c1-9-5-12(14(8-16)18-4)10(2)6-11(9)13(7-15)17-3;1-7-8(2)11(6-14)12(15-4)9(3)10(7)5-13;1-7-3-10(6-12)8(2)4-9(7)5-11;2*1-7-5-9(3)10(4)6-8(7)2;1-4-5(2)8(11)9(12)6(3)7(4)10;1-5-3-8(10)6(2)4-7(5)9/h5-6H,1-2H3;1-3H3;3-4H,1-2H3;2*5-6H,1-4H3;1-3H3;3-4H,1-2H3/b13-11-,14-12+;;;;;;. The second-order valence-corrected chi connectivity index (χ2v) is 20.9. The van der Waals surface area contributed by atoms with Crippen molar-refractivity contribution in [2.75, 3.05) is 0 Å². The molecule has 0 unspecified atom stereocenters. The maximum absolute atomic E-state index is 13.0. The SMILES string of the molecule is CC1=CC(=O)C(C)=CC1=O.Cc1c(C)c(F)c(F)c(C)c1F.Cc1cc(C#N)c(C)cc1C#N.Cc1cc(C)c(C)cc1C.Cc1cc(C)c(C)cc1C.[C-]#[N+]/C(C#N)=c1/cc(C)/c(=C(\C#N)[N+]#[C-])cc1C.[C-]#[N+]c1c(C)c(C#N)c(C)c(C)c1C#N. The Kier molecular flexibility index (Phi) is 29.0. The van der Waals surface area contributed by atoms with E-state index in [0.717, 1.165) is 22.3 Å². The van der Waals surface area contributed by atoms with Gasteiger partial charge in [-0.25, -0.2) is 38.2 Å². The number of carbonyl (C=O) groups is 2. The molecule has 0 fully saturated rings. The molecule has 0 aromatic heterocycles. The summed E-state index contributed by atoms with van der Waals surface area (Å²) in [6.07, 6.45) is 2.75. The Morgan fingerprint density at radius 1 is 0.356 bits per heavy atom. The Morgan fingerprint density at radius 3 is 0.931 bits per heavy atom. The van der Waals surface area contributed by atoms with Gasteiger partial charge < -0.3 is 0 Å². The number of halogens is 3. The number of ketones is 2. The van der Waals surface area contributed by atoms with Gasteiger partial charge in [0.15, 0.2) is 23.2 Å². The third-order valence-electron chi connectivity index (χ3n) is 14.7. The normalized spacial score (nSPS) is 11.1. The maximum atomic E-state index is 13.0. The summed E-state index contributed by atoms with van der Waals surface area (Å²) in [5.74, 6) is -2.82.